The van der Waals surface area contributed by atoms with E-state index in [-0.39, 0.29) is 19.0 Å². The van der Waals surface area contributed by atoms with Gasteiger partial charge in [0.1, 0.15) is 0 Å². The average molecular weight is 227 g/mol. The van der Waals surface area contributed by atoms with Crippen LogP contribution in [-0.4, -0.2) is 31.6 Å². The van der Waals surface area contributed by atoms with Crippen molar-refractivity contribution in [3.05, 3.63) is 0 Å². The summed E-state index contributed by atoms with van der Waals surface area (Å²) in [5, 5.41) is 0. The molecule has 0 saturated carbocycles. The van der Waals surface area contributed by atoms with Gasteiger partial charge in [0, 0.05) is 13.1 Å². The average Bonchev–Trinajstić information content (AvgIpc) is 2.51. The summed E-state index contributed by atoms with van der Waals surface area (Å²) in [6, 6.07) is 0. The van der Waals surface area contributed by atoms with Gasteiger partial charge >= 0.3 is 5.76 Å². The van der Waals surface area contributed by atoms with Gasteiger partial charge in [-0.3, -0.25) is 0 Å². The second kappa shape index (κ2) is 4.10. The maximum atomic E-state index is 12.2. The van der Waals surface area contributed by atoms with E-state index in [1.165, 1.54) is 0 Å². The topological polar surface area (TPSA) is 37.4 Å². The van der Waals surface area contributed by atoms with Gasteiger partial charge in [-0.2, -0.15) is 13.1 Å². The summed E-state index contributed by atoms with van der Waals surface area (Å²) in [5.74, 6) is -2.73. The van der Waals surface area contributed by atoms with Gasteiger partial charge in [0.05, 0.1) is 0 Å². The van der Waals surface area contributed by atoms with E-state index in [4.69, 9.17) is 0 Å². The molecule has 0 radical (unpaired) electrons. The fraction of sp³-hybridized carbons (Fsp3) is 1.00. The van der Waals surface area contributed by atoms with Crippen LogP contribution in [0.2, 0.25) is 0 Å². The van der Waals surface area contributed by atoms with Crippen molar-refractivity contribution in [2.24, 2.45) is 11.8 Å². The SMILES string of the molecule is CC(C)[C@H]1CCN(S(=O)(=O)C(F)F)C1. The van der Waals surface area contributed by atoms with Crippen molar-refractivity contribution in [2.75, 3.05) is 13.1 Å². The van der Waals surface area contributed by atoms with Crippen LogP contribution < -0.4 is 0 Å². The lowest BCUT2D eigenvalue weighted by Gasteiger charge is -2.17. The molecule has 1 saturated heterocycles. The zero-order valence-corrected chi connectivity index (χ0v) is 9.10. The zero-order chi connectivity index (χ0) is 10.9. The third-order valence-corrected chi connectivity index (χ3v) is 4.22. The molecular weight excluding hydrogens is 212 g/mol. The van der Waals surface area contributed by atoms with Gasteiger partial charge in [-0.1, -0.05) is 13.8 Å². The Balaban J connectivity index is 2.67. The molecule has 0 amide bonds. The van der Waals surface area contributed by atoms with E-state index in [0.717, 1.165) is 4.31 Å². The third-order valence-electron chi connectivity index (χ3n) is 2.72. The Morgan fingerprint density at radius 1 is 1.36 bits per heavy atom. The van der Waals surface area contributed by atoms with Gasteiger partial charge in [0.15, 0.2) is 0 Å². The van der Waals surface area contributed by atoms with E-state index in [1.54, 1.807) is 0 Å². The first-order valence-corrected chi connectivity index (χ1v) is 6.13. The van der Waals surface area contributed by atoms with Gasteiger partial charge in [-0.05, 0) is 18.3 Å². The van der Waals surface area contributed by atoms with Crippen molar-refractivity contribution in [2.45, 2.75) is 26.0 Å². The van der Waals surface area contributed by atoms with Gasteiger partial charge in [0.2, 0.25) is 0 Å². The van der Waals surface area contributed by atoms with E-state index in [0.29, 0.717) is 12.3 Å². The highest BCUT2D eigenvalue weighted by atomic mass is 32.2. The van der Waals surface area contributed by atoms with Crippen LogP contribution >= 0.6 is 0 Å². The Hall–Kier alpha value is -0.230. The molecule has 0 bridgehead atoms. The van der Waals surface area contributed by atoms with Crippen LogP contribution in [0.4, 0.5) is 8.78 Å². The smallest absolute Gasteiger partial charge is 0.206 e. The van der Waals surface area contributed by atoms with Crippen LogP contribution in [0, 0.1) is 11.8 Å². The van der Waals surface area contributed by atoms with Crippen LogP contribution in [0.15, 0.2) is 0 Å². The molecule has 14 heavy (non-hydrogen) atoms. The van der Waals surface area contributed by atoms with Gasteiger partial charge in [-0.25, -0.2) is 8.42 Å². The Bertz CT molecular complexity index is 290. The van der Waals surface area contributed by atoms with E-state index < -0.39 is 15.8 Å². The van der Waals surface area contributed by atoms with E-state index in [1.807, 2.05) is 13.8 Å². The molecule has 0 aromatic carbocycles. The Morgan fingerprint density at radius 3 is 2.29 bits per heavy atom. The molecule has 84 valence electrons. The number of alkyl halides is 2. The molecule has 1 aliphatic rings. The van der Waals surface area contributed by atoms with Crippen LogP contribution in [-0.2, 0) is 10.0 Å². The zero-order valence-electron chi connectivity index (χ0n) is 8.28. The maximum Gasteiger partial charge on any atom is 0.350 e. The lowest BCUT2D eigenvalue weighted by Crippen LogP contribution is -2.33. The molecule has 1 atom stereocenters. The van der Waals surface area contributed by atoms with Crippen molar-refractivity contribution < 1.29 is 17.2 Å². The molecular formula is C8H15F2NO2S. The molecule has 0 unspecified atom stereocenters. The van der Waals surface area contributed by atoms with Crippen molar-refractivity contribution in [3.8, 4) is 0 Å². The highest BCUT2D eigenvalue weighted by molar-refractivity contribution is 7.89. The first-order valence-electron chi connectivity index (χ1n) is 4.63. The van der Waals surface area contributed by atoms with Crippen LogP contribution in [0.25, 0.3) is 0 Å². The van der Waals surface area contributed by atoms with Crippen molar-refractivity contribution >= 4 is 10.0 Å². The Labute approximate surface area is 83.1 Å². The summed E-state index contributed by atoms with van der Waals surface area (Å²) in [6.45, 7) is 4.42. The van der Waals surface area contributed by atoms with Gasteiger partial charge in [0.25, 0.3) is 10.0 Å². The minimum atomic E-state index is -4.34. The van der Waals surface area contributed by atoms with Crippen molar-refractivity contribution in [1.29, 1.82) is 0 Å². The fourth-order valence-electron chi connectivity index (χ4n) is 1.64. The highest BCUT2D eigenvalue weighted by Crippen LogP contribution is 2.27. The first kappa shape index (κ1) is 11.8. The third kappa shape index (κ3) is 2.23. The number of hydrogen-bond acceptors (Lipinski definition) is 2. The predicted octanol–water partition coefficient (Wildman–Crippen LogP) is 1.52. The Morgan fingerprint density at radius 2 is 1.93 bits per heavy atom. The summed E-state index contributed by atoms with van der Waals surface area (Å²) in [6.07, 6.45) is 0.684. The first-order chi connectivity index (χ1) is 6.35. The lowest BCUT2D eigenvalue weighted by molar-refractivity contribution is 0.221. The summed E-state index contributed by atoms with van der Waals surface area (Å²) in [7, 11) is -4.34. The molecule has 3 nitrogen and oxygen atoms in total. The van der Waals surface area contributed by atoms with Crippen LogP contribution in [0.3, 0.4) is 0 Å². The molecule has 1 fully saturated rings. The monoisotopic (exact) mass is 227 g/mol. The number of halogens is 2. The molecule has 1 rings (SSSR count). The molecule has 0 aromatic rings. The largest absolute Gasteiger partial charge is 0.350 e. The highest BCUT2D eigenvalue weighted by Gasteiger charge is 2.37. The molecule has 1 aliphatic heterocycles. The summed E-state index contributed by atoms with van der Waals surface area (Å²) < 4.78 is 47.4. The summed E-state index contributed by atoms with van der Waals surface area (Å²) in [4.78, 5) is 0. The van der Waals surface area contributed by atoms with Crippen LogP contribution in [0.5, 0.6) is 0 Å². The lowest BCUT2D eigenvalue weighted by atomic mass is 9.96. The van der Waals surface area contributed by atoms with Gasteiger partial charge in [-0.15, -0.1) is 0 Å². The van der Waals surface area contributed by atoms with Crippen molar-refractivity contribution in [3.63, 3.8) is 0 Å². The quantitative estimate of drug-likeness (QED) is 0.733. The minimum Gasteiger partial charge on any atom is -0.206 e. The molecule has 0 aromatic heterocycles. The summed E-state index contributed by atoms with van der Waals surface area (Å²) in [5.41, 5.74) is 0. The standard InChI is InChI=1S/C8H15F2NO2S/c1-6(2)7-3-4-11(5-7)14(12,13)8(9)10/h6-8H,3-5H2,1-2H3/t7-/m0/s1. The van der Waals surface area contributed by atoms with E-state index in [9.17, 15) is 17.2 Å². The molecule has 1 heterocycles. The number of sulfonamides is 1. The molecule has 0 aliphatic carbocycles. The fourth-order valence-corrected chi connectivity index (χ4v) is 2.63. The summed E-state index contributed by atoms with van der Waals surface area (Å²) >= 11 is 0. The van der Waals surface area contributed by atoms with Crippen molar-refractivity contribution in [1.82, 2.24) is 4.31 Å². The molecule has 6 heteroatoms. The second-order valence-electron chi connectivity index (χ2n) is 3.96. The molecule has 0 spiro atoms. The minimum absolute atomic E-state index is 0.212. The maximum absolute atomic E-state index is 12.2. The van der Waals surface area contributed by atoms with E-state index >= 15 is 0 Å². The van der Waals surface area contributed by atoms with Gasteiger partial charge < -0.3 is 0 Å². The Kier molecular flexibility index (Phi) is 3.47. The number of rotatable bonds is 3. The van der Waals surface area contributed by atoms with E-state index in [2.05, 4.69) is 0 Å². The van der Waals surface area contributed by atoms with Crippen LogP contribution in [0.1, 0.15) is 20.3 Å². The molecule has 0 N–H and O–H groups in total. The normalized spacial score (nSPS) is 25.1. The predicted molar refractivity (Wildman–Crippen MR) is 49.4 cm³/mol. The number of hydrogen-bond donors (Lipinski definition) is 0. The second-order valence-corrected chi connectivity index (χ2v) is 5.86. The number of nitrogens with zero attached hydrogens (tertiary/aromatic N) is 1.